The number of halogens is 4. The number of piperazine rings is 1. The van der Waals surface area contributed by atoms with Crippen LogP contribution in [-0.4, -0.2) is 38.2 Å². The first-order valence-corrected chi connectivity index (χ1v) is 6.63. The monoisotopic (exact) mass is 324 g/mol. The molecule has 0 unspecified atom stereocenters. The summed E-state index contributed by atoms with van der Waals surface area (Å²) in [6, 6.07) is 3.76. The SMILES string of the molecule is COc1cc(C(F)(F)F)ccc1[C@H](C)N1CCNCC1.Cl. The van der Waals surface area contributed by atoms with Crippen molar-refractivity contribution < 1.29 is 17.9 Å². The minimum atomic E-state index is -4.34. The number of nitrogens with one attached hydrogen (secondary N) is 1. The third-order valence-electron chi connectivity index (χ3n) is 3.71. The predicted molar refractivity (Wildman–Crippen MR) is 78.1 cm³/mol. The van der Waals surface area contributed by atoms with Crippen molar-refractivity contribution in [2.45, 2.75) is 19.1 Å². The molecule has 1 aromatic carbocycles. The highest BCUT2D eigenvalue weighted by molar-refractivity contribution is 5.85. The molecule has 1 fully saturated rings. The van der Waals surface area contributed by atoms with Crippen LogP contribution < -0.4 is 10.1 Å². The first kappa shape index (κ1) is 18.1. The van der Waals surface area contributed by atoms with Crippen molar-refractivity contribution in [3.05, 3.63) is 29.3 Å². The Labute approximate surface area is 128 Å². The van der Waals surface area contributed by atoms with Crippen LogP contribution in [0.4, 0.5) is 13.2 Å². The van der Waals surface area contributed by atoms with E-state index in [1.54, 1.807) is 0 Å². The van der Waals surface area contributed by atoms with Gasteiger partial charge in [0, 0.05) is 37.8 Å². The summed E-state index contributed by atoms with van der Waals surface area (Å²) >= 11 is 0. The van der Waals surface area contributed by atoms with Gasteiger partial charge in [0.25, 0.3) is 0 Å². The van der Waals surface area contributed by atoms with E-state index in [9.17, 15) is 13.2 Å². The van der Waals surface area contributed by atoms with E-state index in [4.69, 9.17) is 4.74 Å². The lowest BCUT2D eigenvalue weighted by molar-refractivity contribution is -0.137. The molecule has 2 rings (SSSR count). The highest BCUT2D eigenvalue weighted by Gasteiger charge is 2.32. The van der Waals surface area contributed by atoms with E-state index in [0.29, 0.717) is 5.75 Å². The lowest BCUT2D eigenvalue weighted by atomic mass is 10.0. The topological polar surface area (TPSA) is 24.5 Å². The van der Waals surface area contributed by atoms with Crippen LogP contribution in [0, 0.1) is 0 Å². The Morgan fingerprint density at radius 3 is 2.38 bits per heavy atom. The van der Waals surface area contributed by atoms with E-state index in [0.717, 1.165) is 43.9 Å². The van der Waals surface area contributed by atoms with Gasteiger partial charge >= 0.3 is 6.18 Å². The zero-order chi connectivity index (χ0) is 14.8. The summed E-state index contributed by atoms with van der Waals surface area (Å²) in [6.07, 6.45) is -4.34. The smallest absolute Gasteiger partial charge is 0.416 e. The van der Waals surface area contributed by atoms with Crippen molar-refractivity contribution in [2.24, 2.45) is 0 Å². The average molecular weight is 325 g/mol. The van der Waals surface area contributed by atoms with Crippen LogP contribution in [0.2, 0.25) is 0 Å². The molecule has 0 saturated carbocycles. The number of rotatable bonds is 3. The van der Waals surface area contributed by atoms with E-state index < -0.39 is 11.7 Å². The molecule has 0 amide bonds. The van der Waals surface area contributed by atoms with Crippen molar-refractivity contribution in [3.63, 3.8) is 0 Å². The number of hydrogen-bond donors (Lipinski definition) is 1. The molecule has 1 aliphatic rings. The van der Waals surface area contributed by atoms with Crippen molar-refractivity contribution in [2.75, 3.05) is 33.3 Å². The van der Waals surface area contributed by atoms with Crippen LogP contribution in [0.3, 0.4) is 0 Å². The van der Waals surface area contributed by atoms with Gasteiger partial charge in [-0.1, -0.05) is 6.07 Å². The van der Waals surface area contributed by atoms with Crippen molar-refractivity contribution in [3.8, 4) is 5.75 Å². The Kier molecular flexibility index (Phi) is 6.31. The fraction of sp³-hybridized carbons (Fsp3) is 0.571. The van der Waals surface area contributed by atoms with Gasteiger partial charge in [0.05, 0.1) is 12.7 Å². The fourth-order valence-corrected chi connectivity index (χ4v) is 2.50. The molecular formula is C14H20ClF3N2O. The Balaban J connectivity index is 0.00000220. The number of hydrogen-bond acceptors (Lipinski definition) is 3. The number of alkyl halides is 3. The second-order valence-corrected chi connectivity index (χ2v) is 4.92. The Morgan fingerprint density at radius 1 is 1.24 bits per heavy atom. The molecule has 1 saturated heterocycles. The van der Waals surface area contributed by atoms with Gasteiger partial charge in [-0.2, -0.15) is 13.2 Å². The Bertz CT molecular complexity index is 462. The van der Waals surface area contributed by atoms with Crippen LogP contribution in [0.1, 0.15) is 24.1 Å². The van der Waals surface area contributed by atoms with Crippen molar-refractivity contribution in [1.29, 1.82) is 0 Å². The molecule has 1 aliphatic heterocycles. The second-order valence-electron chi connectivity index (χ2n) is 4.92. The molecule has 7 heteroatoms. The van der Waals surface area contributed by atoms with Crippen molar-refractivity contribution >= 4 is 12.4 Å². The van der Waals surface area contributed by atoms with Crippen LogP contribution in [0.5, 0.6) is 5.75 Å². The number of methoxy groups -OCH3 is 1. The van der Waals surface area contributed by atoms with E-state index in [1.807, 2.05) is 6.92 Å². The summed E-state index contributed by atoms with van der Waals surface area (Å²) in [5, 5.41) is 3.26. The largest absolute Gasteiger partial charge is 0.496 e. The van der Waals surface area contributed by atoms with Gasteiger partial charge in [0.1, 0.15) is 5.75 Å². The van der Waals surface area contributed by atoms with Gasteiger partial charge in [-0.15, -0.1) is 12.4 Å². The molecule has 0 aromatic heterocycles. The van der Waals surface area contributed by atoms with Gasteiger partial charge in [-0.25, -0.2) is 0 Å². The van der Waals surface area contributed by atoms with Crippen LogP contribution in [0.25, 0.3) is 0 Å². The van der Waals surface area contributed by atoms with E-state index in [2.05, 4.69) is 10.2 Å². The summed E-state index contributed by atoms with van der Waals surface area (Å²) in [5.74, 6) is 0.297. The molecule has 0 aliphatic carbocycles. The molecule has 1 heterocycles. The van der Waals surface area contributed by atoms with Crippen LogP contribution in [-0.2, 0) is 6.18 Å². The van der Waals surface area contributed by atoms with Gasteiger partial charge in [0.15, 0.2) is 0 Å². The molecule has 0 bridgehead atoms. The second kappa shape index (κ2) is 7.33. The molecule has 0 spiro atoms. The first-order valence-electron chi connectivity index (χ1n) is 6.63. The summed E-state index contributed by atoms with van der Waals surface area (Å²) in [5.41, 5.74) is 0.119. The zero-order valence-corrected chi connectivity index (χ0v) is 12.9. The summed E-state index contributed by atoms with van der Waals surface area (Å²) in [4.78, 5) is 2.24. The van der Waals surface area contributed by atoms with Gasteiger partial charge in [0.2, 0.25) is 0 Å². The van der Waals surface area contributed by atoms with Crippen molar-refractivity contribution in [1.82, 2.24) is 10.2 Å². The molecule has 0 radical (unpaired) electrons. The maximum absolute atomic E-state index is 12.7. The third-order valence-corrected chi connectivity index (χ3v) is 3.71. The zero-order valence-electron chi connectivity index (χ0n) is 12.0. The maximum atomic E-state index is 12.7. The number of ether oxygens (including phenoxy) is 1. The summed E-state index contributed by atoms with van der Waals surface area (Å²) in [6.45, 7) is 5.55. The molecular weight excluding hydrogens is 305 g/mol. The van der Waals surface area contributed by atoms with Gasteiger partial charge < -0.3 is 10.1 Å². The van der Waals surface area contributed by atoms with Crippen LogP contribution in [0.15, 0.2) is 18.2 Å². The number of benzene rings is 1. The lowest BCUT2D eigenvalue weighted by Gasteiger charge is -2.33. The normalized spacial score (nSPS) is 18.0. The fourth-order valence-electron chi connectivity index (χ4n) is 2.50. The summed E-state index contributed by atoms with van der Waals surface area (Å²) in [7, 11) is 1.41. The van der Waals surface area contributed by atoms with Gasteiger partial charge in [-0.3, -0.25) is 4.90 Å². The first-order chi connectivity index (χ1) is 9.43. The highest BCUT2D eigenvalue weighted by atomic mass is 35.5. The standard InChI is InChI=1S/C14H19F3N2O.ClH/c1-10(19-7-5-18-6-8-19)12-4-3-11(14(15,16)17)9-13(12)20-2;/h3-4,9-10,18H,5-8H2,1-2H3;1H/t10-;/m0./s1. The minimum Gasteiger partial charge on any atom is -0.496 e. The highest BCUT2D eigenvalue weighted by Crippen LogP contribution is 2.36. The van der Waals surface area contributed by atoms with Crippen LogP contribution >= 0.6 is 12.4 Å². The molecule has 1 aromatic rings. The minimum absolute atomic E-state index is 0. The summed E-state index contributed by atoms with van der Waals surface area (Å²) < 4.78 is 43.3. The van der Waals surface area contributed by atoms with E-state index in [-0.39, 0.29) is 18.4 Å². The quantitative estimate of drug-likeness (QED) is 0.924. The van der Waals surface area contributed by atoms with E-state index in [1.165, 1.54) is 13.2 Å². The molecule has 21 heavy (non-hydrogen) atoms. The van der Waals surface area contributed by atoms with E-state index >= 15 is 0 Å². The number of nitrogens with zero attached hydrogens (tertiary/aromatic N) is 1. The molecule has 3 nitrogen and oxygen atoms in total. The molecule has 1 atom stereocenters. The third kappa shape index (κ3) is 4.25. The predicted octanol–water partition coefficient (Wildman–Crippen LogP) is 3.10. The molecule has 120 valence electrons. The Hall–Kier alpha value is -0.980. The lowest BCUT2D eigenvalue weighted by Crippen LogP contribution is -2.44. The molecule has 1 N–H and O–H groups in total. The maximum Gasteiger partial charge on any atom is 0.416 e. The average Bonchev–Trinajstić information content (AvgIpc) is 2.45. The Morgan fingerprint density at radius 2 is 1.86 bits per heavy atom. The van der Waals surface area contributed by atoms with Gasteiger partial charge in [-0.05, 0) is 19.1 Å².